The lowest BCUT2D eigenvalue weighted by molar-refractivity contribution is -0.122. The molecule has 3 N–H and O–H groups in total. The normalized spacial score (nSPS) is 24.5. The first-order valence-electron chi connectivity index (χ1n) is 9.48. The van der Waals surface area contributed by atoms with E-state index < -0.39 is 0 Å². The van der Waals surface area contributed by atoms with Crippen LogP contribution in [0.15, 0.2) is 4.99 Å². The number of guanidine groups is 1. The van der Waals surface area contributed by atoms with Crippen LogP contribution < -0.4 is 16.0 Å². The van der Waals surface area contributed by atoms with E-state index in [1.807, 2.05) is 11.8 Å². The second-order valence-corrected chi connectivity index (χ2v) is 8.21. The van der Waals surface area contributed by atoms with E-state index in [-0.39, 0.29) is 29.9 Å². The van der Waals surface area contributed by atoms with Crippen LogP contribution in [0.1, 0.15) is 57.8 Å². The summed E-state index contributed by atoms with van der Waals surface area (Å²) >= 11 is 1.96. The Balaban J connectivity index is 0.00000312. The van der Waals surface area contributed by atoms with Gasteiger partial charge in [-0.2, -0.15) is 11.8 Å². The van der Waals surface area contributed by atoms with Crippen molar-refractivity contribution in [2.45, 2.75) is 69.1 Å². The number of hydrogen-bond donors (Lipinski definition) is 3. The van der Waals surface area contributed by atoms with E-state index in [1.165, 1.54) is 51.4 Å². The quantitative estimate of drug-likeness (QED) is 0.226. The van der Waals surface area contributed by atoms with Gasteiger partial charge >= 0.3 is 0 Å². The highest BCUT2D eigenvalue weighted by Gasteiger charge is 2.24. The lowest BCUT2D eigenvalue weighted by Crippen LogP contribution is -2.45. The maximum absolute atomic E-state index is 12.0. The molecule has 2 aliphatic carbocycles. The van der Waals surface area contributed by atoms with Gasteiger partial charge in [-0.1, -0.05) is 19.3 Å². The highest BCUT2D eigenvalue weighted by Crippen LogP contribution is 2.28. The van der Waals surface area contributed by atoms with Gasteiger partial charge in [-0.25, -0.2) is 0 Å². The van der Waals surface area contributed by atoms with Crippen molar-refractivity contribution < 1.29 is 4.79 Å². The maximum atomic E-state index is 12.0. The number of thioether (sulfide) groups is 1. The summed E-state index contributed by atoms with van der Waals surface area (Å²) in [5.74, 6) is 1.65. The van der Waals surface area contributed by atoms with Gasteiger partial charge in [0.05, 0.1) is 0 Å². The number of rotatable bonds is 7. The van der Waals surface area contributed by atoms with Crippen LogP contribution in [-0.4, -0.2) is 49.6 Å². The monoisotopic (exact) mass is 482 g/mol. The molecule has 0 spiro atoms. The molecule has 0 radical (unpaired) electrons. The lowest BCUT2D eigenvalue weighted by Gasteiger charge is -2.21. The standard InChI is InChI=1S/C18H34N4OS.HI/c1-19-18(22-15-8-9-16(13-15)24-2)21-11-10-20-17(23)12-14-6-4-3-5-7-14;/h14-16H,3-13H2,1-2H3,(H,20,23)(H2,19,21,22);1H. The third-order valence-electron chi connectivity index (χ3n) is 5.22. The van der Waals surface area contributed by atoms with Crippen molar-refractivity contribution >= 4 is 47.6 Å². The van der Waals surface area contributed by atoms with Crippen molar-refractivity contribution in [3.8, 4) is 0 Å². The van der Waals surface area contributed by atoms with E-state index >= 15 is 0 Å². The van der Waals surface area contributed by atoms with Gasteiger partial charge in [0.1, 0.15) is 0 Å². The van der Waals surface area contributed by atoms with Gasteiger partial charge in [-0.15, -0.1) is 24.0 Å². The third-order valence-corrected chi connectivity index (χ3v) is 6.32. The zero-order chi connectivity index (χ0) is 17.2. The average Bonchev–Trinajstić information content (AvgIpc) is 3.06. The highest BCUT2D eigenvalue weighted by atomic mass is 127. The first-order chi connectivity index (χ1) is 11.7. The molecule has 5 nitrogen and oxygen atoms in total. The summed E-state index contributed by atoms with van der Waals surface area (Å²) in [5, 5.41) is 10.6. The Morgan fingerprint density at radius 1 is 1.08 bits per heavy atom. The zero-order valence-corrected chi connectivity index (χ0v) is 18.8. The number of nitrogens with one attached hydrogen (secondary N) is 3. The van der Waals surface area contributed by atoms with Crippen LogP contribution in [0.2, 0.25) is 0 Å². The molecule has 2 atom stereocenters. The fourth-order valence-corrected chi connectivity index (χ4v) is 4.58. The summed E-state index contributed by atoms with van der Waals surface area (Å²) < 4.78 is 0. The molecule has 0 aromatic rings. The van der Waals surface area contributed by atoms with Crippen LogP contribution in [0.5, 0.6) is 0 Å². The van der Waals surface area contributed by atoms with E-state index in [1.54, 1.807) is 7.05 Å². The largest absolute Gasteiger partial charge is 0.355 e. The molecule has 25 heavy (non-hydrogen) atoms. The van der Waals surface area contributed by atoms with Crippen molar-refractivity contribution in [1.29, 1.82) is 0 Å². The molecule has 0 aliphatic heterocycles. The van der Waals surface area contributed by atoms with Crippen LogP contribution in [0, 0.1) is 5.92 Å². The molecule has 146 valence electrons. The van der Waals surface area contributed by atoms with Gasteiger partial charge in [0, 0.05) is 37.8 Å². The summed E-state index contributed by atoms with van der Waals surface area (Å²) in [5.41, 5.74) is 0. The Morgan fingerprint density at radius 3 is 2.44 bits per heavy atom. The first kappa shape index (κ1) is 22.9. The molecule has 0 bridgehead atoms. The van der Waals surface area contributed by atoms with Crippen molar-refractivity contribution in [3.05, 3.63) is 0 Å². The number of carbonyl (C=O) groups excluding carboxylic acids is 1. The van der Waals surface area contributed by atoms with Gasteiger partial charge < -0.3 is 16.0 Å². The molecule has 2 fully saturated rings. The molecule has 0 aromatic heterocycles. The third kappa shape index (κ3) is 8.84. The number of halogens is 1. The fourth-order valence-electron chi connectivity index (χ4n) is 3.78. The molecule has 2 rings (SSSR count). The van der Waals surface area contributed by atoms with Crippen LogP contribution in [0.3, 0.4) is 0 Å². The minimum absolute atomic E-state index is 0. The fraction of sp³-hybridized carbons (Fsp3) is 0.889. The van der Waals surface area contributed by atoms with Gasteiger partial charge in [-0.05, 0) is 44.3 Å². The lowest BCUT2D eigenvalue weighted by atomic mass is 9.87. The zero-order valence-electron chi connectivity index (χ0n) is 15.7. The number of aliphatic imine (C=N–C) groups is 1. The Bertz CT molecular complexity index is 416. The van der Waals surface area contributed by atoms with Crippen LogP contribution >= 0.6 is 35.7 Å². The summed E-state index contributed by atoms with van der Waals surface area (Å²) in [6.45, 7) is 1.37. The molecule has 0 saturated heterocycles. The average molecular weight is 482 g/mol. The van der Waals surface area contributed by atoms with Gasteiger partial charge in [0.25, 0.3) is 0 Å². The van der Waals surface area contributed by atoms with E-state index in [0.717, 1.165) is 17.8 Å². The van der Waals surface area contributed by atoms with E-state index in [9.17, 15) is 4.79 Å². The van der Waals surface area contributed by atoms with Crippen molar-refractivity contribution in [1.82, 2.24) is 16.0 Å². The minimum atomic E-state index is 0. The molecule has 2 unspecified atom stereocenters. The van der Waals surface area contributed by atoms with E-state index in [2.05, 4.69) is 27.2 Å². The van der Waals surface area contributed by atoms with Gasteiger partial charge in [0.15, 0.2) is 5.96 Å². The van der Waals surface area contributed by atoms with Gasteiger partial charge in [-0.3, -0.25) is 9.79 Å². The molecule has 7 heteroatoms. The maximum Gasteiger partial charge on any atom is 0.220 e. The molecule has 0 heterocycles. The van der Waals surface area contributed by atoms with Crippen molar-refractivity contribution in [3.63, 3.8) is 0 Å². The van der Waals surface area contributed by atoms with E-state index in [4.69, 9.17) is 0 Å². The SMILES string of the molecule is CN=C(NCCNC(=O)CC1CCCCC1)NC1CCC(SC)C1.I. The number of amides is 1. The molecule has 0 aromatic carbocycles. The second-order valence-electron chi connectivity index (χ2n) is 7.07. The first-order valence-corrected chi connectivity index (χ1v) is 10.8. The minimum Gasteiger partial charge on any atom is -0.355 e. The highest BCUT2D eigenvalue weighted by molar-refractivity contribution is 14.0. The van der Waals surface area contributed by atoms with Crippen molar-refractivity contribution in [2.75, 3.05) is 26.4 Å². The summed E-state index contributed by atoms with van der Waals surface area (Å²) in [6, 6.07) is 0.523. The van der Waals surface area contributed by atoms with Crippen LogP contribution in [0.25, 0.3) is 0 Å². The number of hydrogen-bond acceptors (Lipinski definition) is 3. The molecular formula is C18H35IN4OS. The molecule has 2 aliphatic rings. The van der Waals surface area contributed by atoms with Crippen molar-refractivity contribution in [2.24, 2.45) is 10.9 Å². The Labute approximate surface area is 174 Å². The topological polar surface area (TPSA) is 65.5 Å². The molecule has 1 amide bonds. The summed E-state index contributed by atoms with van der Waals surface area (Å²) in [7, 11) is 1.80. The smallest absolute Gasteiger partial charge is 0.220 e. The van der Waals surface area contributed by atoms with E-state index in [0.29, 0.717) is 24.9 Å². The van der Waals surface area contributed by atoms with Gasteiger partial charge in [0.2, 0.25) is 5.91 Å². The number of carbonyl (C=O) groups is 1. The summed E-state index contributed by atoms with van der Waals surface area (Å²) in [6.07, 6.45) is 13.0. The van der Waals surface area contributed by atoms with Crippen LogP contribution in [-0.2, 0) is 4.79 Å². The number of nitrogens with zero attached hydrogens (tertiary/aromatic N) is 1. The molecule has 2 saturated carbocycles. The molecular weight excluding hydrogens is 447 g/mol. The summed E-state index contributed by atoms with van der Waals surface area (Å²) in [4.78, 5) is 16.3. The Kier molecular flexibility index (Phi) is 11.9. The second kappa shape index (κ2) is 13.1. The predicted molar refractivity (Wildman–Crippen MR) is 119 cm³/mol. The Hall–Kier alpha value is -0.180. The predicted octanol–water partition coefficient (Wildman–Crippen LogP) is 3.14. The Morgan fingerprint density at radius 2 is 1.80 bits per heavy atom. The van der Waals surface area contributed by atoms with Crippen LogP contribution in [0.4, 0.5) is 0 Å².